The van der Waals surface area contributed by atoms with E-state index >= 15 is 0 Å². The second-order valence-corrected chi connectivity index (χ2v) is 8.23. The lowest BCUT2D eigenvalue weighted by molar-refractivity contribution is -0.129. The van der Waals surface area contributed by atoms with Crippen molar-refractivity contribution >= 4 is 39.3 Å². The van der Waals surface area contributed by atoms with Crippen LogP contribution in [0.5, 0.6) is 0 Å². The molecule has 1 aliphatic heterocycles. The molecular formula is C18H18N2O4S2. The molecule has 0 aliphatic carbocycles. The molecule has 3 rings (SSSR count). The van der Waals surface area contributed by atoms with Crippen LogP contribution in [-0.2, 0) is 19.6 Å². The van der Waals surface area contributed by atoms with E-state index in [0.717, 1.165) is 5.56 Å². The highest BCUT2D eigenvalue weighted by molar-refractivity contribution is 7.89. The van der Waals surface area contributed by atoms with E-state index in [1.165, 1.54) is 27.8 Å². The maximum atomic E-state index is 12.7. The number of esters is 1. The van der Waals surface area contributed by atoms with Gasteiger partial charge in [-0.2, -0.15) is 15.6 Å². The minimum Gasteiger partial charge on any atom is -0.402 e. The normalized spacial score (nSPS) is 16.2. The van der Waals surface area contributed by atoms with Crippen molar-refractivity contribution in [3.05, 3.63) is 57.9 Å². The molecule has 0 saturated heterocycles. The molecule has 2 aromatic rings. The predicted molar refractivity (Wildman–Crippen MR) is 101 cm³/mol. The average molecular weight is 390 g/mol. The summed E-state index contributed by atoms with van der Waals surface area (Å²) in [5.74, 6) is -0.448. The van der Waals surface area contributed by atoms with Gasteiger partial charge in [-0.25, -0.2) is 18.2 Å². The minimum atomic E-state index is -3.60. The molecule has 0 saturated carbocycles. The SMILES string of the molecule is CCN(CC)S(=O)(=O)c1cccc(C2=N/C(=C/c3ccsc3)C(=O)O2)c1. The third-order valence-corrected chi connectivity index (χ3v) is 6.64. The molecule has 0 fully saturated rings. The molecule has 0 spiro atoms. The van der Waals surface area contributed by atoms with Gasteiger partial charge in [0.2, 0.25) is 15.9 Å². The van der Waals surface area contributed by atoms with Gasteiger partial charge in [0, 0.05) is 18.7 Å². The van der Waals surface area contributed by atoms with Gasteiger partial charge in [-0.3, -0.25) is 0 Å². The third kappa shape index (κ3) is 3.62. The van der Waals surface area contributed by atoms with E-state index in [1.54, 1.807) is 32.1 Å². The van der Waals surface area contributed by atoms with Crippen LogP contribution in [0, 0.1) is 0 Å². The second-order valence-electron chi connectivity index (χ2n) is 5.51. The summed E-state index contributed by atoms with van der Waals surface area (Å²) in [6.07, 6.45) is 1.64. The van der Waals surface area contributed by atoms with Crippen molar-refractivity contribution in [2.45, 2.75) is 18.7 Å². The molecular weight excluding hydrogens is 372 g/mol. The van der Waals surface area contributed by atoms with Gasteiger partial charge in [0.1, 0.15) is 0 Å². The smallest absolute Gasteiger partial charge is 0.363 e. The van der Waals surface area contributed by atoms with E-state index in [0.29, 0.717) is 18.7 Å². The minimum absolute atomic E-state index is 0.105. The summed E-state index contributed by atoms with van der Waals surface area (Å²) in [4.78, 5) is 16.4. The summed E-state index contributed by atoms with van der Waals surface area (Å²) in [7, 11) is -3.60. The summed E-state index contributed by atoms with van der Waals surface area (Å²) in [6.45, 7) is 4.34. The standard InChI is InChI=1S/C18H18N2O4S2/c1-3-20(4-2)26(22,23)15-7-5-6-14(11-15)17-19-16(18(21)24-17)10-13-8-9-25-12-13/h5-12H,3-4H2,1-2H3/b16-10+. The molecule has 0 bridgehead atoms. The maximum absolute atomic E-state index is 12.7. The lowest BCUT2D eigenvalue weighted by atomic mass is 10.2. The Bertz CT molecular complexity index is 972. The Morgan fingerprint density at radius 1 is 1.23 bits per heavy atom. The molecule has 8 heteroatoms. The largest absolute Gasteiger partial charge is 0.402 e. The number of carbonyl (C=O) groups is 1. The second kappa shape index (κ2) is 7.53. The molecule has 0 amide bonds. The molecule has 0 radical (unpaired) electrons. The van der Waals surface area contributed by atoms with E-state index in [2.05, 4.69) is 4.99 Å². The van der Waals surface area contributed by atoms with Gasteiger partial charge < -0.3 is 4.74 Å². The number of ether oxygens (including phenoxy) is 1. The Balaban J connectivity index is 1.95. The summed E-state index contributed by atoms with van der Waals surface area (Å²) in [6, 6.07) is 8.16. The molecule has 0 atom stereocenters. The van der Waals surface area contributed by atoms with Crippen molar-refractivity contribution < 1.29 is 17.9 Å². The topological polar surface area (TPSA) is 76.0 Å². The van der Waals surface area contributed by atoms with Crippen LogP contribution in [0.3, 0.4) is 0 Å². The van der Waals surface area contributed by atoms with Gasteiger partial charge in [0.05, 0.1) is 4.90 Å². The first kappa shape index (κ1) is 18.5. The lowest BCUT2D eigenvalue weighted by Crippen LogP contribution is -2.30. The monoisotopic (exact) mass is 390 g/mol. The fourth-order valence-corrected chi connectivity index (χ4v) is 4.67. The predicted octanol–water partition coefficient (Wildman–Crippen LogP) is 3.12. The molecule has 136 valence electrons. The van der Waals surface area contributed by atoms with E-state index < -0.39 is 16.0 Å². The molecule has 1 aromatic carbocycles. The van der Waals surface area contributed by atoms with Crippen LogP contribution in [0.25, 0.3) is 6.08 Å². The van der Waals surface area contributed by atoms with Gasteiger partial charge >= 0.3 is 5.97 Å². The van der Waals surface area contributed by atoms with Crippen molar-refractivity contribution in [1.82, 2.24) is 4.31 Å². The number of thiophene rings is 1. The first-order valence-electron chi connectivity index (χ1n) is 8.11. The van der Waals surface area contributed by atoms with Crippen LogP contribution in [-0.4, -0.2) is 37.7 Å². The fourth-order valence-electron chi connectivity index (χ4n) is 2.55. The Hall–Kier alpha value is -2.29. The maximum Gasteiger partial charge on any atom is 0.363 e. The number of aliphatic imine (C=N–C) groups is 1. The molecule has 2 heterocycles. The molecule has 1 aliphatic rings. The Morgan fingerprint density at radius 3 is 2.65 bits per heavy atom. The molecule has 0 N–H and O–H groups in total. The van der Waals surface area contributed by atoms with Crippen molar-refractivity contribution in [3.63, 3.8) is 0 Å². The number of hydrogen-bond donors (Lipinski definition) is 0. The van der Waals surface area contributed by atoms with Crippen LogP contribution in [0.4, 0.5) is 0 Å². The van der Waals surface area contributed by atoms with Crippen molar-refractivity contribution in [1.29, 1.82) is 0 Å². The zero-order valence-electron chi connectivity index (χ0n) is 14.4. The number of cyclic esters (lactones) is 1. The first-order chi connectivity index (χ1) is 12.5. The number of carbonyl (C=O) groups excluding carboxylic acids is 1. The van der Waals surface area contributed by atoms with E-state index in [1.807, 2.05) is 16.8 Å². The average Bonchev–Trinajstić information content (AvgIpc) is 3.27. The van der Waals surface area contributed by atoms with Crippen LogP contribution in [0.15, 0.2) is 56.7 Å². The third-order valence-electron chi connectivity index (χ3n) is 3.89. The zero-order chi connectivity index (χ0) is 18.7. The van der Waals surface area contributed by atoms with Crippen LogP contribution >= 0.6 is 11.3 Å². The van der Waals surface area contributed by atoms with Crippen LogP contribution in [0.2, 0.25) is 0 Å². The summed E-state index contributed by atoms with van der Waals surface area (Å²) in [5.41, 5.74) is 1.50. The number of rotatable bonds is 6. The number of hydrogen-bond acceptors (Lipinski definition) is 6. The molecule has 6 nitrogen and oxygen atoms in total. The Labute approximate surface area is 156 Å². The Morgan fingerprint density at radius 2 is 2.00 bits per heavy atom. The highest BCUT2D eigenvalue weighted by Crippen LogP contribution is 2.23. The summed E-state index contributed by atoms with van der Waals surface area (Å²) >= 11 is 1.52. The van der Waals surface area contributed by atoms with Gasteiger partial charge in [0.25, 0.3) is 0 Å². The number of sulfonamides is 1. The van der Waals surface area contributed by atoms with Gasteiger partial charge in [-0.1, -0.05) is 19.9 Å². The fraction of sp³-hybridized carbons (Fsp3) is 0.222. The highest BCUT2D eigenvalue weighted by atomic mass is 32.2. The highest BCUT2D eigenvalue weighted by Gasteiger charge is 2.27. The lowest BCUT2D eigenvalue weighted by Gasteiger charge is -2.18. The van der Waals surface area contributed by atoms with Gasteiger partial charge in [-0.05, 0) is 46.7 Å². The van der Waals surface area contributed by atoms with Crippen molar-refractivity contribution in [2.24, 2.45) is 4.99 Å². The van der Waals surface area contributed by atoms with Gasteiger partial charge in [-0.15, -0.1) is 0 Å². The number of benzene rings is 1. The van der Waals surface area contributed by atoms with Crippen LogP contribution in [0.1, 0.15) is 25.0 Å². The van der Waals surface area contributed by atoms with E-state index in [9.17, 15) is 13.2 Å². The van der Waals surface area contributed by atoms with Crippen molar-refractivity contribution in [2.75, 3.05) is 13.1 Å². The van der Waals surface area contributed by atoms with E-state index in [-0.39, 0.29) is 16.5 Å². The molecule has 26 heavy (non-hydrogen) atoms. The summed E-state index contributed by atoms with van der Waals surface area (Å²) in [5, 5.41) is 3.80. The molecule has 1 aromatic heterocycles. The van der Waals surface area contributed by atoms with E-state index in [4.69, 9.17) is 4.74 Å². The van der Waals surface area contributed by atoms with Gasteiger partial charge in [0.15, 0.2) is 5.70 Å². The first-order valence-corrected chi connectivity index (χ1v) is 10.5. The number of nitrogens with zero attached hydrogens (tertiary/aromatic N) is 2. The molecule has 0 unspecified atom stereocenters. The quantitative estimate of drug-likeness (QED) is 0.561. The van der Waals surface area contributed by atoms with Crippen molar-refractivity contribution in [3.8, 4) is 0 Å². The van der Waals surface area contributed by atoms with Crippen LogP contribution < -0.4 is 0 Å². The zero-order valence-corrected chi connectivity index (χ0v) is 16.0. The summed E-state index contributed by atoms with van der Waals surface area (Å²) < 4.78 is 31.9. The Kier molecular flexibility index (Phi) is 5.36.